The minimum absolute atomic E-state index is 0.0393. The Hall–Kier alpha value is -4.39. The third-order valence-corrected chi connectivity index (χ3v) is 6.01. The molecule has 0 saturated carbocycles. The highest BCUT2D eigenvalue weighted by atomic mass is 16.5. The molecule has 1 N–H and O–H groups in total. The fourth-order valence-electron chi connectivity index (χ4n) is 4.44. The Morgan fingerprint density at radius 2 is 1.38 bits per heavy atom. The van der Waals surface area contributed by atoms with E-state index in [-0.39, 0.29) is 23.3 Å². The maximum absolute atomic E-state index is 12.1. The summed E-state index contributed by atoms with van der Waals surface area (Å²) >= 11 is 0. The summed E-state index contributed by atoms with van der Waals surface area (Å²) in [5, 5.41) is 3.97. The van der Waals surface area contributed by atoms with Gasteiger partial charge in [0, 0.05) is 6.08 Å². The van der Waals surface area contributed by atoms with Gasteiger partial charge in [0.2, 0.25) is 0 Å². The number of rotatable bonds is 11. The Balaban J connectivity index is 1.42. The summed E-state index contributed by atoms with van der Waals surface area (Å²) < 4.78 is 16.0. The van der Waals surface area contributed by atoms with E-state index in [0.717, 1.165) is 23.3 Å². The third-order valence-electron chi connectivity index (χ3n) is 6.01. The van der Waals surface area contributed by atoms with E-state index >= 15 is 0 Å². The number of nitrogens with one attached hydrogen (secondary N) is 1. The first-order valence-corrected chi connectivity index (χ1v) is 13.1. The van der Waals surface area contributed by atoms with Gasteiger partial charge in [-0.2, -0.15) is 5.10 Å². The molecule has 0 aliphatic rings. The van der Waals surface area contributed by atoms with Crippen LogP contribution in [-0.2, 0) is 15.0 Å². The zero-order valence-electron chi connectivity index (χ0n) is 24.1. The molecule has 3 rings (SSSR count). The van der Waals surface area contributed by atoms with Gasteiger partial charge < -0.3 is 14.2 Å². The van der Waals surface area contributed by atoms with E-state index in [2.05, 4.69) is 57.3 Å². The van der Waals surface area contributed by atoms with Gasteiger partial charge in [-0.25, -0.2) is 10.2 Å². The van der Waals surface area contributed by atoms with Crippen LogP contribution < -0.4 is 19.6 Å². The molecule has 3 aromatic carbocycles. The fraction of sp³-hybridized carbons (Fsp3) is 0.303. The number of ether oxygens (including phenoxy) is 3. The Morgan fingerprint density at radius 1 is 0.800 bits per heavy atom. The molecule has 0 unspecified atom stereocenters. The molecule has 7 heteroatoms. The fourth-order valence-corrected chi connectivity index (χ4v) is 4.44. The zero-order chi connectivity index (χ0) is 29.2. The van der Waals surface area contributed by atoms with Gasteiger partial charge in [0.15, 0.2) is 6.61 Å². The summed E-state index contributed by atoms with van der Waals surface area (Å²) in [4.78, 5) is 24.2. The van der Waals surface area contributed by atoms with Crippen LogP contribution in [0.4, 0.5) is 0 Å². The van der Waals surface area contributed by atoms with Crippen molar-refractivity contribution in [3.05, 3.63) is 95.6 Å². The van der Waals surface area contributed by atoms with E-state index < -0.39 is 5.97 Å². The number of methoxy groups -OCH3 is 1. The summed E-state index contributed by atoms with van der Waals surface area (Å²) in [5.41, 5.74) is 5.52. The molecule has 0 aromatic heterocycles. The van der Waals surface area contributed by atoms with Crippen molar-refractivity contribution in [3.63, 3.8) is 0 Å². The van der Waals surface area contributed by atoms with Gasteiger partial charge in [0.25, 0.3) is 5.91 Å². The van der Waals surface area contributed by atoms with Gasteiger partial charge in [-0.15, -0.1) is 0 Å². The first-order valence-electron chi connectivity index (χ1n) is 13.1. The average Bonchev–Trinajstić information content (AvgIpc) is 2.91. The molecule has 40 heavy (non-hydrogen) atoms. The smallest absolute Gasteiger partial charge is 0.336 e. The van der Waals surface area contributed by atoms with Crippen molar-refractivity contribution in [2.75, 3.05) is 13.7 Å². The lowest BCUT2D eigenvalue weighted by Gasteiger charge is -2.33. The van der Waals surface area contributed by atoms with Crippen molar-refractivity contribution in [1.82, 2.24) is 5.43 Å². The first-order chi connectivity index (χ1) is 18.9. The average molecular weight is 543 g/mol. The summed E-state index contributed by atoms with van der Waals surface area (Å²) in [6.45, 7) is 11.0. The lowest BCUT2D eigenvalue weighted by Crippen LogP contribution is -2.25. The molecule has 0 atom stereocenters. The monoisotopic (exact) mass is 542 g/mol. The molecule has 7 nitrogen and oxygen atoms in total. The molecule has 1 amide bonds. The first kappa shape index (κ1) is 30.2. The molecule has 0 bridgehead atoms. The maximum Gasteiger partial charge on any atom is 0.336 e. The molecule has 210 valence electrons. The standard InChI is InChI=1S/C33H38N2O5/c1-32(2,3)23-33(4,5)26-12-18-28(19-13-26)39-22-30(36)35-34-21-25-9-16-29(17-10-25)40-31(37)20-11-24-7-14-27(38-6)15-8-24/h7-21H,22-23H2,1-6H3,(H,35,36). The molecule has 0 fully saturated rings. The van der Waals surface area contributed by atoms with Crippen LogP contribution in [0.2, 0.25) is 0 Å². The number of hydrazone groups is 1. The van der Waals surface area contributed by atoms with Crippen molar-refractivity contribution in [3.8, 4) is 17.2 Å². The Bertz CT molecular complexity index is 1320. The van der Waals surface area contributed by atoms with Crippen LogP contribution in [0.5, 0.6) is 17.2 Å². The highest BCUT2D eigenvalue weighted by Gasteiger charge is 2.27. The highest BCUT2D eigenvalue weighted by molar-refractivity contribution is 5.89. The van der Waals surface area contributed by atoms with E-state index in [9.17, 15) is 9.59 Å². The quantitative estimate of drug-likeness (QED) is 0.0975. The predicted molar refractivity (Wildman–Crippen MR) is 159 cm³/mol. The molecule has 0 aliphatic heterocycles. The van der Waals surface area contributed by atoms with E-state index in [1.807, 2.05) is 36.4 Å². The van der Waals surface area contributed by atoms with Crippen LogP contribution in [0.1, 0.15) is 57.7 Å². The lowest BCUT2D eigenvalue weighted by atomic mass is 9.72. The summed E-state index contributed by atoms with van der Waals surface area (Å²) in [7, 11) is 1.60. The number of carbonyl (C=O) groups is 2. The second-order valence-corrected chi connectivity index (χ2v) is 11.3. The van der Waals surface area contributed by atoms with Crippen LogP contribution in [0, 0.1) is 5.41 Å². The van der Waals surface area contributed by atoms with Crippen LogP contribution in [0.25, 0.3) is 6.08 Å². The number of benzene rings is 3. The Morgan fingerprint density at radius 3 is 1.98 bits per heavy atom. The topological polar surface area (TPSA) is 86.2 Å². The Labute approximate surface area is 236 Å². The van der Waals surface area contributed by atoms with Crippen molar-refractivity contribution < 1.29 is 23.8 Å². The summed E-state index contributed by atoms with van der Waals surface area (Å²) in [5.74, 6) is 0.897. The Kier molecular flexibility index (Phi) is 10.3. The summed E-state index contributed by atoms with van der Waals surface area (Å²) in [6, 6.07) is 21.9. The number of esters is 1. The molecule has 0 aliphatic carbocycles. The largest absolute Gasteiger partial charge is 0.497 e. The number of amides is 1. The normalized spacial score (nSPS) is 11.9. The molecular formula is C33H38N2O5. The van der Waals surface area contributed by atoms with E-state index in [4.69, 9.17) is 14.2 Å². The summed E-state index contributed by atoms with van der Waals surface area (Å²) in [6.07, 6.45) is 5.58. The van der Waals surface area contributed by atoms with Gasteiger partial charge >= 0.3 is 5.97 Å². The molecule has 0 spiro atoms. The molecule has 0 heterocycles. The predicted octanol–water partition coefficient (Wildman–Crippen LogP) is 6.56. The second-order valence-electron chi connectivity index (χ2n) is 11.3. The minimum atomic E-state index is -0.493. The van der Waals surface area contributed by atoms with Gasteiger partial charge in [-0.3, -0.25) is 4.79 Å². The molecule has 3 aromatic rings. The van der Waals surface area contributed by atoms with Crippen molar-refractivity contribution in [2.45, 2.75) is 46.5 Å². The van der Waals surface area contributed by atoms with Gasteiger partial charge in [-0.05, 0) is 88.5 Å². The molecule has 0 radical (unpaired) electrons. The van der Waals surface area contributed by atoms with Crippen molar-refractivity contribution in [2.24, 2.45) is 10.5 Å². The van der Waals surface area contributed by atoms with Gasteiger partial charge in [0.1, 0.15) is 17.2 Å². The molecule has 0 saturated heterocycles. The van der Waals surface area contributed by atoms with Crippen LogP contribution in [0.3, 0.4) is 0 Å². The van der Waals surface area contributed by atoms with Crippen LogP contribution >= 0.6 is 0 Å². The van der Waals surface area contributed by atoms with Gasteiger partial charge in [0.05, 0.1) is 13.3 Å². The number of nitrogens with zero attached hydrogens (tertiary/aromatic N) is 1. The highest BCUT2D eigenvalue weighted by Crippen LogP contribution is 2.36. The third kappa shape index (κ3) is 10.1. The van der Waals surface area contributed by atoms with Crippen molar-refractivity contribution in [1.29, 1.82) is 0 Å². The zero-order valence-corrected chi connectivity index (χ0v) is 24.1. The van der Waals surface area contributed by atoms with Crippen LogP contribution in [0.15, 0.2) is 84.0 Å². The second kappa shape index (κ2) is 13.6. The van der Waals surface area contributed by atoms with E-state index in [0.29, 0.717) is 11.5 Å². The molecular weight excluding hydrogens is 504 g/mol. The number of hydrogen-bond donors (Lipinski definition) is 1. The van der Waals surface area contributed by atoms with Crippen LogP contribution in [-0.4, -0.2) is 31.8 Å². The maximum atomic E-state index is 12.1. The number of carbonyl (C=O) groups excluding carboxylic acids is 2. The number of hydrogen-bond acceptors (Lipinski definition) is 6. The van der Waals surface area contributed by atoms with E-state index in [1.54, 1.807) is 37.5 Å². The lowest BCUT2D eigenvalue weighted by molar-refractivity contribution is -0.129. The minimum Gasteiger partial charge on any atom is -0.497 e. The van der Waals surface area contributed by atoms with Crippen molar-refractivity contribution >= 4 is 24.2 Å². The van der Waals surface area contributed by atoms with Gasteiger partial charge in [-0.1, -0.05) is 58.9 Å². The van der Waals surface area contributed by atoms with E-state index in [1.165, 1.54) is 17.9 Å². The SMILES string of the molecule is COc1ccc(C=CC(=O)Oc2ccc(C=NNC(=O)COc3ccc(C(C)(C)CC(C)(C)C)cc3)cc2)cc1.